The van der Waals surface area contributed by atoms with Gasteiger partial charge in [-0.1, -0.05) is 0 Å². The molecule has 1 aliphatic heterocycles. The van der Waals surface area contributed by atoms with Crippen LogP contribution in [0.2, 0.25) is 0 Å². The van der Waals surface area contributed by atoms with E-state index in [0.29, 0.717) is 45.1 Å². The highest BCUT2D eigenvalue weighted by Gasteiger charge is 2.36. The lowest BCUT2D eigenvalue weighted by atomic mass is 10.1. The van der Waals surface area contributed by atoms with Gasteiger partial charge in [0.1, 0.15) is 24.4 Å². The maximum Gasteiger partial charge on any atom is 0.248 e. The van der Waals surface area contributed by atoms with Gasteiger partial charge in [-0.2, -0.15) is 0 Å². The quantitative estimate of drug-likeness (QED) is 0.0699. The van der Waals surface area contributed by atoms with E-state index in [0.717, 1.165) is 0 Å². The van der Waals surface area contributed by atoms with Crippen molar-refractivity contribution in [2.24, 2.45) is 17.2 Å². The molecule has 0 aromatic carbocycles. The van der Waals surface area contributed by atoms with Crippen molar-refractivity contribution in [3.05, 3.63) is 0 Å². The van der Waals surface area contributed by atoms with E-state index in [4.69, 9.17) is 17.2 Å². The van der Waals surface area contributed by atoms with Gasteiger partial charge in [0.05, 0.1) is 31.2 Å². The zero-order valence-electron chi connectivity index (χ0n) is 20.9. The zero-order valence-corrected chi connectivity index (χ0v) is 20.9. The number of nitrogens with two attached hydrogens (primary N) is 3. The Morgan fingerprint density at radius 1 is 1.05 bits per heavy atom. The standard InChI is InChI=1S/C22H39N7O8/c1-12(32)18(28-19(34)14(24)9-17(25)33)21(36)26-15(6-2-3-7-23)20(35)27-16(11-31)22(37)29-8-4-5-13(29)10-30/h10,12-16,18,31-32H,2-9,11,23-24H2,1H3,(H2,25,33)(H,26,36)(H,27,35)(H,28,34)/t12-,13+,14+,15+,16+,18+/m1/s1. The van der Waals surface area contributed by atoms with E-state index in [2.05, 4.69) is 16.0 Å². The van der Waals surface area contributed by atoms with E-state index in [1.807, 2.05) is 0 Å². The van der Waals surface area contributed by atoms with Crippen LogP contribution < -0.4 is 33.2 Å². The fourth-order valence-corrected chi connectivity index (χ4v) is 3.86. The minimum Gasteiger partial charge on any atom is -0.394 e. The molecule has 1 saturated heterocycles. The van der Waals surface area contributed by atoms with Crippen LogP contribution in [0.3, 0.4) is 0 Å². The molecule has 0 saturated carbocycles. The highest BCUT2D eigenvalue weighted by Crippen LogP contribution is 2.16. The molecular weight excluding hydrogens is 490 g/mol. The maximum atomic E-state index is 13.0. The Kier molecular flexibility index (Phi) is 13.7. The molecule has 0 aromatic heterocycles. The number of rotatable bonds is 16. The zero-order chi connectivity index (χ0) is 28.1. The number of unbranched alkanes of at least 4 members (excludes halogenated alkanes) is 1. The monoisotopic (exact) mass is 529 g/mol. The number of nitrogens with zero attached hydrogens (tertiary/aromatic N) is 1. The van der Waals surface area contributed by atoms with E-state index in [1.165, 1.54) is 11.8 Å². The first-order valence-electron chi connectivity index (χ1n) is 12.2. The molecule has 6 atom stereocenters. The number of nitrogens with one attached hydrogen (secondary N) is 3. The van der Waals surface area contributed by atoms with Crippen molar-refractivity contribution in [1.29, 1.82) is 0 Å². The largest absolute Gasteiger partial charge is 0.394 e. The lowest BCUT2D eigenvalue weighted by Crippen LogP contribution is -2.60. The number of carbonyl (C=O) groups excluding carboxylic acids is 6. The highest BCUT2D eigenvalue weighted by atomic mass is 16.3. The third kappa shape index (κ3) is 10.0. The Labute approximate surface area is 214 Å². The summed E-state index contributed by atoms with van der Waals surface area (Å²) in [5.41, 5.74) is 16.1. The fourth-order valence-electron chi connectivity index (χ4n) is 3.86. The molecule has 210 valence electrons. The number of aliphatic hydroxyl groups is 2. The average Bonchev–Trinajstić information content (AvgIpc) is 3.32. The SMILES string of the molecule is C[C@@H](O)[C@H](NC(=O)[C@@H](N)CC(N)=O)C(=O)N[C@@H](CCCCN)C(=O)N[C@@H](CO)C(=O)N1CCC[C@H]1C=O. The number of amides is 5. The summed E-state index contributed by atoms with van der Waals surface area (Å²) in [4.78, 5) is 74.5. The minimum absolute atomic E-state index is 0.101. The summed E-state index contributed by atoms with van der Waals surface area (Å²) in [6.07, 6.45) is 0.877. The van der Waals surface area contributed by atoms with Gasteiger partial charge in [-0.25, -0.2) is 0 Å². The van der Waals surface area contributed by atoms with Gasteiger partial charge in [-0.05, 0) is 45.6 Å². The molecule has 15 heteroatoms. The van der Waals surface area contributed by atoms with Crippen LogP contribution in [-0.4, -0.2) is 107 Å². The summed E-state index contributed by atoms with van der Waals surface area (Å²) in [5.74, 6) is -4.09. The predicted octanol–water partition coefficient (Wildman–Crippen LogP) is -4.66. The molecule has 0 unspecified atom stereocenters. The van der Waals surface area contributed by atoms with Gasteiger partial charge in [-0.15, -0.1) is 0 Å². The van der Waals surface area contributed by atoms with Crippen molar-refractivity contribution in [1.82, 2.24) is 20.9 Å². The predicted molar refractivity (Wildman–Crippen MR) is 130 cm³/mol. The Balaban J connectivity index is 2.97. The second-order valence-electron chi connectivity index (χ2n) is 8.97. The van der Waals surface area contributed by atoms with Crippen LogP contribution in [0.4, 0.5) is 0 Å². The summed E-state index contributed by atoms with van der Waals surface area (Å²) >= 11 is 0. The normalized spacial score (nSPS) is 19.2. The van der Waals surface area contributed by atoms with Gasteiger partial charge >= 0.3 is 0 Å². The van der Waals surface area contributed by atoms with Gasteiger partial charge in [0.25, 0.3) is 0 Å². The number of aliphatic hydroxyl groups excluding tert-OH is 2. The minimum atomic E-state index is -1.52. The lowest BCUT2D eigenvalue weighted by Gasteiger charge is -2.28. The molecule has 0 spiro atoms. The number of hydrogen-bond donors (Lipinski definition) is 8. The molecule has 0 radical (unpaired) electrons. The molecule has 11 N–H and O–H groups in total. The molecular formula is C22H39N7O8. The van der Waals surface area contributed by atoms with E-state index < -0.39 is 78.9 Å². The van der Waals surface area contributed by atoms with Crippen molar-refractivity contribution in [3.8, 4) is 0 Å². The summed E-state index contributed by atoms with van der Waals surface area (Å²) in [5, 5.41) is 26.9. The first-order valence-corrected chi connectivity index (χ1v) is 12.2. The van der Waals surface area contributed by atoms with Crippen LogP contribution in [0.25, 0.3) is 0 Å². The summed E-state index contributed by atoms with van der Waals surface area (Å²) in [7, 11) is 0. The lowest BCUT2D eigenvalue weighted by molar-refractivity contribution is -0.140. The fraction of sp³-hybridized carbons (Fsp3) is 0.727. The number of carbonyl (C=O) groups is 6. The van der Waals surface area contributed by atoms with Crippen LogP contribution in [-0.2, 0) is 28.8 Å². The van der Waals surface area contributed by atoms with Gasteiger partial charge in [0.2, 0.25) is 29.5 Å². The van der Waals surface area contributed by atoms with Crippen molar-refractivity contribution in [2.75, 3.05) is 19.7 Å². The molecule has 1 heterocycles. The maximum absolute atomic E-state index is 13.0. The summed E-state index contributed by atoms with van der Waals surface area (Å²) in [6, 6.07) is -6.08. The van der Waals surface area contributed by atoms with Gasteiger partial charge in [0.15, 0.2) is 0 Å². The van der Waals surface area contributed by atoms with E-state index in [-0.39, 0.29) is 6.42 Å². The Bertz CT molecular complexity index is 825. The Morgan fingerprint density at radius 3 is 2.24 bits per heavy atom. The van der Waals surface area contributed by atoms with Crippen molar-refractivity contribution in [2.45, 2.75) is 81.8 Å². The van der Waals surface area contributed by atoms with Crippen molar-refractivity contribution >= 4 is 35.8 Å². The van der Waals surface area contributed by atoms with Crippen LogP contribution in [0.1, 0.15) is 45.4 Å². The van der Waals surface area contributed by atoms with Crippen LogP contribution >= 0.6 is 0 Å². The molecule has 15 nitrogen and oxygen atoms in total. The second kappa shape index (κ2) is 15.9. The van der Waals surface area contributed by atoms with Crippen LogP contribution in [0.5, 0.6) is 0 Å². The molecule has 37 heavy (non-hydrogen) atoms. The molecule has 1 rings (SSSR count). The molecule has 0 bridgehead atoms. The molecule has 0 aromatic rings. The van der Waals surface area contributed by atoms with E-state index >= 15 is 0 Å². The third-order valence-electron chi connectivity index (χ3n) is 5.94. The van der Waals surface area contributed by atoms with Crippen LogP contribution in [0, 0.1) is 0 Å². The average molecular weight is 530 g/mol. The summed E-state index contributed by atoms with van der Waals surface area (Å²) in [6.45, 7) is 1.12. The van der Waals surface area contributed by atoms with Crippen molar-refractivity contribution in [3.63, 3.8) is 0 Å². The Morgan fingerprint density at radius 2 is 1.70 bits per heavy atom. The molecule has 1 fully saturated rings. The van der Waals surface area contributed by atoms with Gasteiger partial charge < -0.3 is 53.1 Å². The smallest absolute Gasteiger partial charge is 0.248 e. The van der Waals surface area contributed by atoms with E-state index in [9.17, 15) is 39.0 Å². The van der Waals surface area contributed by atoms with Crippen LogP contribution in [0.15, 0.2) is 0 Å². The van der Waals surface area contributed by atoms with Gasteiger partial charge in [0, 0.05) is 6.54 Å². The first-order chi connectivity index (χ1) is 17.5. The van der Waals surface area contributed by atoms with Crippen molar-refractivity contribution < 1.29 is 39.0 Å². The topological polar surface area (TPSA) is 260 Å². The van der Waals surface area contributed by atoms with Gasteiger partial charge in [-0.3, -0.25) is 24.0 Å². The first kappa shape index (κ1) is 31.9. The summed E-state index contributed by atoms with van der Waals surface area (Å²) < 4.78 is 0. The molecule has 1 aliphatic rings. The second-order valence-corrected chi connectivity index (χ2v) is 8.97. The number of primary amides is 1. The number of hydrogen-bond acceptors (Lipinski definition) is 10. The van der Waals surface area contributed by atoms with E-state index in [1.54, 1.807) is 0 Å². The number of aldehydes is 1. The number of likely N-dealkylation sites (tertiary alicyclic amines) is 1. The molecule has 5 amide bonds. The Hall–Kier alpha value is -3.14. The molecule has 0 aliphatic carbocycles. The third-order valence-corrected chi connectivity index (χ3v) is 5.94. The highest BCUT2D eigenvalue weighted by molar-refractivity contribution is 5.96.